The highest BCUT2D eigenvalue weighted by Gasteiger charge is 2.11. The van der Waals surface area contributed by atoms with Crippen molar-refractivity contribution in [2.75, 3.05) is 10.6 Å². The summed E-state index contributed by atoms with van der Waals surface area (Å²) < 4.78 is 0. The van der Waals surface area contributed by atoms with Gasteiger partial charge in [-0.25, -0.2) is 4.98 Å². The second-order valence-electron chi connectivity index (χ2n) is 7.41. The molecular formula is C21H28N4O3. The summed E-state index contributed by atoms with van der Waals surface area (Å²) in [6.07, 6.45) is 0.685. The Morgan fingerprint density at radius 2 is 1.39 bits per heavy atom. The monoisotopic (exact) mass is 384 g/mol. The highest BCUT2D eigenvalue weighted by Crippen LogP contribution is 2.27. The average Bonchev–Trinajstić information content (AvgIpc) is 2.65. The van der Waals surface area contributed by atoms with E-state index in [0.29, 0.717) is 30.2 Å². The maximum absolute atomic E-state index is 11.8. The molecule has 1 heterocycles. The van der Waals surface area contributed by atoms with Gasteiger partial charge in [-0.2, -0.15) is 5.48 Å². The highest BCUT2D eigenvalue weighted by molar-refractivity contribution is 5.93. The van der Waals surface area contributed by atoms with E-state index in [-0.39, 0.29) is 17.4 Å². The van der Waals surface area contributed by atoms with Crippen molar-refractivity contribution in [3.05, 3.63) is 36.4 Å². The molecule has 0 spiro atoms. The molecule has 2 aromatic rings. The van der Waals surface area contributed by atoms with Crippen molar-refractivity contribution in [3.8, 4) is 16.9 Å². The van der Waals surface area contributed by atoms with E-state index < -0.39 is 0 Å². The van der Waals surface area contributed by atoms with Crippen molar-refractivity contribution in [2.45, 2.75) is 53.0 Å². The van der Waals surface area contributed by atoms with Crippen LogP contribution in [0.4, 0.5) is 11.6 Å². The molecule has 0 saturated heterocycles. The first kappa shape index (κ1) is 21.4. The van der Waals surface area contributed by atoms with Gasteiger partial charge < -0.3 is 15.5 Å². The number of rotatable bonds is 7. The molecule has 0 bridgehead atoms. The molecule has 1 aromatic heterocycles. The van der Waals surface area contributed by atoms with Crippen LogP contribution in [-0.4, -0.2) is 22.3 Å². The van der Waals surface area contributed by atoms with Crippen LogP contribution in [0.1, 0.15) is 47.5 Å². The number of pyridine rings is 1. The standard InChI is InChI=1S/C21H28N4O3/c1-6-19(26)23-17-12-15(13-18(22-17)24-20(27)7-2)14-8-10-16(11-9-14)28-25-21(3,4)5/h8-13,25H,6-7H2,1-5H3,(H2,22,23,24,26,27). The summed E-state index contributed by atoms with van der Waals surface area (Å²) in [5.74, 6) is 1.19. The minimum absolute atomic E-state index is 0.144. The Bertz CT molecular complexity index is 790. The van der Waals surface area contributed by atoms with Crippen LogP contribution in [0.25, 0.3) is 11.1 Å². The predicted molar refractivity (Wildman–Crippen MR) is 111 cm³/mol. The number of hydroxylamine groups is 1. The number of benzene rings is 1. The molecule has 2 rings (SSSR count). The van der Waals surface area contributed by atoms with Crippen molar-refractivity contribution in [1.82, 2.24) is 10.5 Å². The summed E-state index contributed by atoms with van der Waals surface area (Å²) in [4.78, 5) is 33.4. The van der Waals surface area contributed by atoms with Gasteiger partial charge in [0.1, 0.15) is 17.4 Å². The normalized spacial score (nSPS) is 11.0. The van der Waals surface area contributed by atoms with Crippen LogP contribution in [0.15, 0.2) is 36.4 Å². The van der Waals surface area contributed by atoms with Crippen molar-refractivity contribution >= 4 is 23.5 Å². The van der Waals surface area contributed by atoms with Crippen LogP contribution in [-0.2, 0) is 9.59 Å². The highest BCUT2D eigenvalue weighted by atomic mass is 16.6. The third kappa shape index (κ3) is 6.66. The molecule has 28 heavy (non-hydrogen) atoms. The van der Waals surface area contributed by atoms with Crippen LogP contribution >= 0.6 is 0 Å². The molecule has 0 radical (unpaired) electrons. The number of amides is 2. The van der Waals surface area contributed by atoms with Gasteiger partial charge in [0.2, 0.25) is 11.8 Å². The minimum atomic E-state index is -0.164. The quantitative estimate of drug-likeness (QED) is 0.624. The predicted octanol–water partition coefficient (Wildman–Crippen LogP) is 4.13. The number of nitrogens with zero attached hydrogens (tertiary/aromatic N) is 1. The van der Waals surface area contributed by atoms with Crippen molar-refractivity contribution in [3.63, 3.8) is 0 Å². The summed E-state index contributed by atoms with van der Waals surface area (Å²) in [6.45, 7) is 9.57. The summed E-state index contributed by atoms with van der Waals surface area (Å²) in [7, 11) is 0. The lowest BCUT2D eigenvalue weighted by Crippen LogP contribution is -2.38. The minimum Gasteiger partial charge on any atom is -0.408 e. The molecule has 1 aromatic carbocycles. The summed E-state index contributed by atoms with van der Waals surface area (Å²) in [6, 6.07) is 11.1. The Morgan fingerprint density at radius 1 is 0.893 bits per heavy atom. The smallest absolute Gasteiger partial charge is 0.225 e. The molecule has 0 atom stereocenters. The van der Waals surface area contributed by atoms with E-state index in [0.717, 1.165) is 11.1 Å². The van der Waals surface area contributed by atoms with Gasteiger partial charge in [-0.3, -0.25) is 9.59 Å². The van der Waals surface area contributed by atoms with Crippen molar-refractivity contribution in [2.24, 2.45) is 0 Å². The topological polar surface area (TPSA) is 92.4 Å². The Labute approximate surface area is 165 Å². The zero-order valence-electron chi connectivity index (χ0n) is 17.1. The summed E-state index contributed by atoms with van der Waals surface area (Å²) in [5, 5.41) is 5.49. The third-order valence-electron chi connectivity index (χ3n) is 3.67. The first-order valence-electron chi connectivity index (χ1n) is 9.36. The van der Waals surface area contributed by atoms with Crippen molar-refractivity contribution < 1.29 is 14.4 Å². The Morgan fingerprint density at radius 3 is 1.82 bits per heavy atom. The largest absolute Gasteiger partial charge is 0.408 e. The Hall–Kier alpha value is -2.93. The van der Waals surface area contributed by atoms with Crippen LogP contribution in [0.2, 0.25) is 0 Å². The molecule has 7 nitrogen and oxygen atoms in total. The van der Waals surface area contributed by atoms with E-state index in [2.05, 4.69) is 21.1 Å². The SMILES string of the molecule is CCC(=O)Nc1cc(-c2ccc(ONC(C)(C)C)cc2)cc(NC(=O)CC)n1. The number of anilines is 2. The van der Waals surface area contributed by atoms with E-state index in [9.17, 15) is 9.59 Å². The Kier molecular flexibility index (Phi) is 7.12. The molecular weight excluding hydrogens is 356 g/mol. The number of hydrogen-bond acceptors (Lipinski definition) is 5. The lowest BCUT2D eigenvalue weighted by Gasteiger charge is -2.20. The fourth-order valence-electron chi connectivity index (χ4n) is 2.22. The van der Waals surface area contributed by atoms with Crippen molar-refractivity contribution in [1.29, 1.82) is 0 Å². The number of carbonyl (C=O) groups excluding carboxylic acids is 2. The van der Waals surface area contributed by atoms with Crippen LogP contribution < -0.4 is 21.0 Å². The van der Waals surface area contributed by atoms with Crippen LogP contribution in [0, 0.1) is 0 Å². The fraction of sp³-hybridized carbons (Fsp3) is 0.381. The molecule has 0 aliphatic heterocycles. The van der Waals surface area contributed by atoms with E-state index in [1.165, 1.54) is 0 Å². The third-order valence-corrected chi connectivity index (χ3v) is 3.67. The average molecular weight is 384 g/mol. The first-order chi connectivity index (χ1) is 13.2. The van der Waals surface area contributed by atoms with E-state index in [1.54, 1.807) is 26.0 Å². The summed E-state index contributed by atoms with van der Waals surface area (Å²) in [5.41, 5.74) is 4.53. The number of aromatic nitrogens is 1. The van der Waals surface area contributed by atoms with Gasteiger partial charge in [-0.1, -0.05) is 26.0 Å². The fourth-order valence-corrected chi connectivity index (χ4v) is 2.22. The maximum Gasteiger partial charge on any atom is 0.225 e. The molecule has 2 amide bonds. The Balaban J connectivity index is 2.29. The maximum atomic E-state index is 11.8. The lowest BCUT2D eigenvalue weighted by atomic mass is 10.1. The van der Waals surface area contributed by atoms with E-state index in [1.807, 2.05) is 45.0 Å². The first-order valence-corrected chi connectivity index (χ1v) is 9.36. The van der Waals surface area contributed by atoms with Crippen LogP contribution in [0.5, 0.6) is 5.75 Å². The molecule has 0 unspecified atom stereocenters. The van der Waals surface area contributed by atoms with Gasteiger partial charge in [0.25, 0.3) is 0 Å². The lowest BCUT2D eigenvalue weighted by molar-refractivity contribution is -0.116. The van der Waals surface area contributed by atoms with Gasteiger partial charge in [0.15, 0.2) is 0 Å². The van der Waals surface area contributed by atoms with E-state index >= 15 is 0 Å². The van der Waals surface area contributed by atoms with Crippen LogP contribution in [0.3, 0.4) is 0 Å². The molecule has 7 heteroatoms. The second kappa shape index (κ2) is 9.32. The molecule has 3 N–H and O–H groups in total. The number of nitrogens with one attached hydrogen (secondary N) is 3. The molecule has 0 aliphatic carbocycles. The van der Waals surface area contributed by atoms with Gasteiger partial charge in [-0.15, -0.1) is 0 Å². The number of carbonyl (C=O) groups is 2. The molecule has 0 saturated carbocycles. The zero-order chi connectivity index (χ0) is 20.7. The molecule has 150 valence electrons. The molecule has 0 fully saturated rings. The summed E-state index contributed by atoms with van der Waals surface area (Å²) >= 11 is 0. The second-order valence-corrected chi connectivity index (χ2v) is 7.41. The van der Waals surface area contributed by atoms with Gasteiger partial charge in [0, 0.05) is 18.4 Å². The van der Waals surface area contributed by atoms with Gasteiger partial charge in [-0.05, 0) is 56.2 Å². The number of hydrogen-bond donors (Lipinski definition) is 3. The zero-order valence-corrected chi connectivity index (χ0v) is 17.1. The van der Waals surface area contributed by atoms with Gasteiger partial charge in [0.05, 0.1) is 0 Å². The molecule has 0 aliphatic rings. The van der Waals surface area contributed by atoms with E-state index in [4.69, 9.17) is 4.84 Å². The van der Waals surface area contributed by atoms with Gasteiger partial charge >= 0.3 is 0 Å².